The molecule has 2 heteroatoms. The lowest BCUT2D eigenvalue weighted by Crippen LogP contribution is -2.28. The number of carbonyl (C=O) groups excluding carboxylic acids is 1. The molecule has 2 atom stereocenters. The summed E-state index contributed by atoms with van der Waals surface area (Å²) in [5.74, 6) is 0.165. The van der Waals surface area contributed by atoms with Crippen molar-refractivity contribution in [2.75, 3.05) is 0 Å². The van der Waals surface area contributed by atoms with Crippen molar-refractivity contribution in [3.8, 4) is 0 Å². The molecule has 1 aliphatic rings. The van der Waals surface area contributed by atoms with Crippen molar-refractivity contribution in [1.29, 1.82) is 0 Å². The molecule has 0 radical (unpaired) electrons. The molecular formula is C19H22O2. The predicted octanol–water partition coefficient (Wildman–Crippen LogP) is 4.74. The number of carbonyl (C=O) groups is 1. The fourth-order valence-electron chi connectivity index (χ4n) is 3.68. The quantitative estimate of drug-likeness (QED) is 0.744. The van der Waals surface area contributed by atoms with E-state index in [4.69, 9.17) is 4.74 Å². The molecule has 0 N–H and O–H groups in total. The van der Waals surface area contributed by atoms with Crippen molar-refractivity contribution in [3.63, 3.8) is 0 Å². The maximum Gasteiger partial charge on any atom is 0.302 e. The number of fused-ring (bicyclic) bond motifs is 1. The van der Waals surface area contributed by atoms with Crippen molar-refractivity contribution in [2.24, 2.45) is 0 Å². The second-order valence-corrected chi connectivity index (χ2v) is 6.06. The molecule has 3 rings (SSSR count). The molecular weight excluding hydrogens is 260 g/mol. The van der Waals surface area contributed by atoms with Crippen molar-refractivity contribution in [1.82, 2.24) is 0 Å². The second kappa shape index (κ2) is 5.88. The molecule has 0 aromatic heterocycles. The summed E-state index contributed by atoms with van der Waals surface area (Å²) in [4.78, 5) is 11.4. The monoisotopic (exact) mass is 282 g/mol. The van der Waals surface area contributed by atoms with Crippen LogP contribution in [0.25, 0.3) is 10.8 Å². The maximum atomic E-state index is 11.4. The van der Waals surface area contributed by atoms with Crippen LogP contribution in [0.5, 0.6) is 0 Å². The Hall–Kier alpha value is -1.83. The number of ether oxygens (including phenoxy) is 1. The van der Waals surface area contributed by atoms with E-state index >= 15 is 0 Å². The van der Waals surface area contributed by atoms with Gasteiger partial charge in [0.15, 0.2) is 0 Å². The van der Waals surface area contributed by atoms with E-state index in [9.17, 15) is 4.79 Å². The Bertz CT molecular complexity index is 660. The van der Waals surface area contributed by atoms with E-state index in [0.717, 1.165) is 19.3 Å². The third kappa shape index (κ3) is 2.80. The van der Waals surface area contributed by atoms with Gasteiger partial charge < -0.3 is 4.74 Å². The fraction of sp³-hybridized carbons (Fsp3) is 0.421. The first-order chi connectivity index (χ1) is 10.2. The van der Waals surface area contributed by atoms with Gasteiger partial charge in [-0.05, 0) is 48.1 Å². The first-order valence-corrected chi connectivity index (χ1v) is 7.82. The Morgan fingerprint density at radius 1 is 1.10 bits per heavy atom. The van der Waals surface area contributed by atoms with Crippen molar-refractivity contribution in [3.05, 3.63) is 47.5 Å². The number of benzene rings is 2. The molecule has 110 valence electrons. The molecule has 0 spiro atoms. The minimum absolute atomic E-state index is 0.0285. The molecule has 0 bridgehead atoms. The van der Waals surface area contributed by atoms with Gasteiger partial charge in [-0.1, -0.05) is 42.8 Å². The maximum absolute atomic E-state index is 11.4. The van der Waals surface area contributed by atoms with Gasteiger partial charge in [-0.2, -0.15) is 0 Å². The molecule has 2 aromatic rings. The molecule has 1 fully saturated rings. The van der Waals surface area contributed by atoms with Crippen LogP contribution in [-0.2, 0) is 9.53 Å². The Balaban J connectivity index is 2.08. The molecule has 2 nitrogen and oxygen atoms in total. The lowest BCUT2D eigenvalue weighted by molar-refractivity contribution is -0.148. The largest absolute Gasteiger partial charge is 0.462 e. The number of rotatable bonds is 2. The van der Waals surface area contributed by atoms with Gasteiger partial charge in [-0.15, -0.1) is 0 Å². The van der Waals surface area contributed by atoms with Crippen LogP contribution in [0.1, 0.15) is 49.7 Å². The number of hydrogen-bond donors (Lipinski definition) is 0. The summed E-state index contributed by atoms with van der Waals surface area (Å²) in [5, 5.41) is 2.58. The zero-order valence-corrected chi connectivity index (χ0v) is 12.8. The molecule has 0 unspecified atom stereocenters. The summed E-state index contributed by atoms with van der Waals surface area (Å²) in [6, 6.07) is 12.9. The van der Waals surface area contributed by atoms with Gasteiger partial charge in [-0.3, -0.25) is 4.79 Å². The fourth-order valence-corrected chi connectivity index (χ4v) is 3.68. The van der Waals surface area contributed by atoms with Gasteiger partial charge in [0, 0.05) is 12.8 Å². The summed E-state index contributed by atoms with van der Waals surface area (Å²) < 4.78 is 5.62. The van der Waals surface area contributed by atoms with E-state index < -0.39 is 0 Å². The van der Waals surface area contributed by atoms with E-state index in [0.29, 0.717) is 5.92 Å². The van der Waals surface area contributed by atoms with Crippen LogP contribution in [0, 0.1) is 6.92 Å². The summed E-state index contributed by atoms with van der Waals surface area (Å²) in [7, 11) is 0. The highest BCUT2D eigenvalue weighted by molar-refractivity contribution is 5.87. The minimum Gasteiger partial charge on any atom is -0.462 e. The van der Waals surface area contributed by atoms with E-state index in [-0.39, 0.29) is 12.1 Å². The molecule has 1 saturated carbocycles. The van der Waals surface area contributed by atoms with Crippen molar-refractivity contribution < 1.29 is 9.53 Å². The van der Waals surface area contributed by atoms with Gasteiger partial charge >= 0.3 is 5.97 Å². The Labute approximate surface area is 126 Å². The highest BCUT2D eigenvalue weighted by Gasteiger charge is 2.30. The lowest BCUT2D eigenvalue weighted by atomic mass is 9.78. The van der Waals surface area contributed by atoms with Gasteiger partial charge in [0.1, 0.15) is 6.10 Å². The normalized spacial score (nSPS) is 22.2. The molecule has 0 heterocycles. The minimum atomic E-state index is -0.162. The van der Waals surface area contributed by atoms with Gasteiger partial charge in [0.2, 0.25) is 0 Å². The summed E-state index contributed by atoms with van der Waals surface area (Å²) in [6.07, 6.45) is 4.48. The van der Waals surface area contributed by atoms with E-state index in [1.54, 1.807) is 0 Å². The third-order valence-corrected chi connectivity index (χ3v) is 4.58. The van der Waals surface area contributed by atoms with Crippen molar-refractivity contribution in [2.45, 2.75) is 51.6 Å². The van der Waals surface area contributed by atoms with Crippen LogP contribution < -0.4 is 0 Å². The highest BCUT2D eigenvalue weighted by atomic mass is 16.5. The standard InChI is InChI=1S/C19H22O2/c1-13-11-12-15-7-3-4-8-16(15)19(13)17-9-5-6-10-18(17)21-14(2)20/h3-4,7-8,11-12,17-18H,5-6,9-10H2,1-2H3/t17-,18+/m0/s1. The Kier molecular flexibility index (Phi) is 3.96. The first-order valence-electron chi connectivity index (χ1n) is 7.82. The van der Waals surface area contributed by atoms with E-state index in [1.807, 2.05) is 0 Å². The van der Waals surface area contributed by atoms with Crippen LogP contribution in [0.2, 0.25) is 0 Å². The first kappa shape index (κ1) is 14.1. The molecule has 0 amide bonds. The van der Waals surface area contributed by atoms with E-state index in [2.05, 4.69) is 43.3 Å². The average Bonchev–Trinajstić information content (AvgIpc) is 2.48. The van der Waals surface area contributed by atoms with Gasteiger partial charge in [0.25, 0.3) is 0 Å². The van der Waals surface area contributed by atoms with Crippen LogP contribution >= 0.6 is 0 Å². The van der Waals surface area contributed by atoms with Crippen LogP contribution in [0.3, 0.4) is 0 Å². The molecule has 21 heavy (non-hydrogen) atoms. The van der Waals surface area contributed by atoms with Gasteiger partial charge in [-0.25, -0.2) is 0 Å². The predicted molar refractivity (Wildman–Crippen MR) is 85.4 cm³/mol. The SMILES string of the molecule is CC(=O)O[C@@H]1CCCC[C@@H]1c1c(C)ccc2ccccc12. The Morgan fingerprint density at radius 2 is 1.86 bits per heavy atom. The smallest absolute Gasteiger partial charge is 0.302 e. The molecule has 0 aliphatic heterocycles. The topological polar surface area (TPSA) is 26.3 Å². The zero-order chi connectivity index (χ0) is 14.8. The van der Waals surface area contributed by atoms with Crippen LogP contribution in [0.15, 0.2) is 36.4 Å². The van der Waals surface area contributed by atoms with E-state index in [1.165, 1.54) is 35.2 Å². The van der Waals surface area contributed by atoms with Gasteiger partial charge in [0.05, 0.1) is 0 Å². The average molecular weight is 282 g/mol. The number of hydrogen-bond acceptors (Lipinski definition) is 2. The second-order valence-electron chi connectivity index (χ2n) is 6.06. The third-order valence-electron chi connectivity index (χ3n) is 4.58. The highest BCUT2D eigenvalue weighted by Crippen LogP contribution is 2.39. The summed E-state index contributed by atoms with van der Waals surface area (Å²) >= 11 is 0. The molecule has 0 saturated heterocycles. The summed E-state index contributed by atoms with van der Waals surface area (Å²) in [5.41, 5.74) is 2.68. The molecule has 2 aromatic carbocycles. The number of esters is 1. The van der Waals surface area contributed by atoms with Crippen LogP contribution in [-0.4, -0.2) is 12.1 Å². The Morgan fingerprint density at radius 3 is 2.67 bits per heavy atom. The van der Waals surface area contributed by atoms with Crippen molar-refractivity contribution >= 4 is 16.7 Å². The van der Waals surface area contributed by atoms with Crippen LogP contribution in [0.4, 0.5) is 0 Å². The lowest BCUT2D eigenvalue weighted by Gasteiger charge is -2.33. The zero-order valence-electron chi connectivity index (χ0n) is 12.8. The number of aryl methyl sites for hydroxylation is 1. The molecule has 1 aliphatic carbocycles. The summed E-state index contributed by atoms with van der Waals surface area (Å²) in [6.45, 7) is 3.68.